The van der Waals surface area contributed by atoms with Gasteiger partial charge in [0.1, 0.15) is 0 Å². The molecule has 1 aliphatic rings. The maximum atomic E-state index is 13.8. The Kier molecular flexibility index (Phi) is 9.61. The number of imidazole rings is 1. The molecule has 3 aromatic rings. The van der Waals surface area contributed by atoms with Crippen LogP contribution in [0.25, 0.3) is 11.0 Å². The van der Waals surface area contributed by atoms with Crippen molar-refractivity contribution in [2.24, 2.45) is 5.41 Å². The molecule has 0 atom stereocenters. The second-order valence-corrected chi connectivity index (χ2v) is 11.4. The van der Waals surface area contributed by atoms with Crippen LogP contribution in [-0.2, 0) is 27.4 Å². The fourth-order valence-electron chi connectivity index (χ4n) is 4.42. The van der Waals surface area contributed by atoms with Crippen molar-refractivity contribution in [3.63, 3.8) is 0 Å². The summed E-state index contributed by atoms with van der Waals surface area (Å²) in [6.07, 6.45) is -2.70. The molecule has 2 aromatic carbocycles. The van der Waals surface area contributed by atoms with E-state index < -0.39 is 24.4 Å². The third-order valence-corrected chi connectivity index (χ3v) is 7.31. The van der Waals surface area contributed by atoms with Gasteiger partial charge in [-0.25, -0.2) is 18.6 Å². The Bertz CT molecular complexity index is 1440. The molecule has 13 heteroatoms. The highest BCUT2D eigenvalue weighted by molar-refractivity contribution is 6.39. The molecule has 1 saturated heterocycles. The lowest BCUT2D eigenvalue weighted by Gasteiger charge is -2.30. The number of carbonyl (C=O) groups is 2. The topological polar surface area (TPSA) is 97.7 Å². The van der Waals surface area contributed by atoms with E-state index in [2.05, 4.69) is 15.6 Å². The number of ether oxygens (including phenoxy) is 2. The number of carbonyl (C=O) groups excluding carboxylic acids is 2. The zero-order valence-corrected chi connectivity index (χ0v) is 24.8. The molecule has 4 rings (SSSR count). The third-order valence-electron chi connectivity index (χ3n) is 6.56. The van der Waals surface area contributed by atoms with E-state index in [4.69, 9.17) is 32.7 Å². The molecule has 1 amide bonds. The van der Waals surface area contributed by atoms with Crippen LogP contribution in [0, 0.1) is 5.41 Å². The minimum atomic E-state index is -2.70. The number of nitrogens with one attached hydrogen (secondary N) is 2. The number of morpholine rings is 1. The van der Waals surface area contributed by atoms with E-state index >= 15 is 0 Å². The lowest BCUT2D eigenvalue weighted by atomic mass is 9.95. The number of alkyl halides is 2. The monoisotopic (exact) mass is 611 g/mol. The zero-order valence-electron chi connectivity index (χ0n) is 23.3. The van der Waals surface area contributed by atoms with E-state index in [0.29, 0.717) is 48.6 Å². The summed E-state index contributed by atoms with van der Waals surface area (Å²) < 4.78 is 39.7. The van der Waals surface area contributed by atoms with Crippen LogP contribution in [0.1, 0.15) is 43.6 Å². The van der Waals surface area contributed by atoms with Gasteiger partial charge in [-0.1, -0.05) is 50.0 Å². The minimum Gasteiger partial charge on any atom is -0.462 e. The van der Waals surface area contributed by atoms with Crippen LogP contribution >= 0.6 is 23.2 Å². The molecule has 1 fully saturated rings. The normalized spacial score (nSPS) is 14.0. The number of aromatic nitrogens is 2. The smallest absolute Gasteiger partial charge is 0.340 e. The molecular formula is C28H33Cl2F2N5O4. The predicted molar refractivity (Wildman–Crippen MR) is 156 cm³/mol. The average Bonchev–Trinajstić information content (AvgIpc) is 3.25. The molecule has 0 spiro atoms. The Hall–Kier alpha value is -3.15. The van der Waals surface area contributed by atoms with Crippen LogP contribution < -0.4 is 15.5 Å². The van der Waals surface area contributed by atoms with Crippen molar-refractivity contribution in [1.82, 2.24) is 14.9 Å². The second-order valence-electron chi connectivity index (χ2n) is 10.6. The number of esters is 1. The van der Waals surface area contributed by atoms with Crippen LogP contribution in [0.15, 0.2) is 24.3 Å². The van der Waals surface area contributed by atoms with Crippen molar-refractivity contribution in [3.05, 3.63) is 45.4 Å². The van der Waals surface area contributed by atoms with Crippen molar-refractivity contribution in [3.8, 4) is 0 Å². The minimum absolute atomic E-state index is 0.0638. The Morgan fingerprint density at radius 3 is 2.51 bits per heavy atom. The quantitative estimate of drug-likeness (QED) is 0.285. The predicted octanol–water partition coefficient (Wildman–Crippen LogP) is 6.03. The third kappa shape index (κ3) is 7.02. The van der Waals surface area contributed by atoms with Gasteiger partial charge in [-0.2, -0.15) is 0 Å². The van der Waals surface area contributed by atoms with Crippen molar-refractivity contribution in [2.45, 2.75) is 47.2 Å². The summed E-state index contributed by atoms with van der Waals surface area (Å²) in [5, 5.41) is 6.32. The van der Waals surface area contributed by atoms with Gasteiger partial charge in [0.2, 0.25) is 11.9 Å². The number of amides is 1. The first-order valence-electron chi connectivity index (χ1n) is 13.2. The van der Waals surface area contributed by atoms with Gasteiger partial charge < -0.3 is 29.6 Å². The highest BCUT2D eigenvalue weighted by Gasteiger charge is 2.26. The number of fused-ring (bicyclic) bond motifs is 1. The molecular weight excluding hydrogens is 579 g/mol. The Morgan fingerprint density at radius 2 is 1.88 bits per heavy atom. The van der Waals surface area contributed by atoms with Crippen LogP contribution in [0.2, 0.25) is 10.0 Å². The van der Waals surface area contributed by atoms with Crippen LogP contribution in [-0.4, -0.2) is 60.8 Å². The number of hydrogen-bond acceptors (Lipinski definition) is 7. The molecule has 222 valence electrons. The first-order chi connectivity index (χ1) is 19.4. The van der Waals surface area contributed by atoms with Gasteiger partial charge in [0, 0.05) is 25.0 Å². The fraction of sp³-hybridized carbons (Fsp3) is 0.464. The lowest BCUT2D eigenvalue weighted by Crippen LogP contribution is -2.37. The number of benzene rings is 2. The molecule has 0 radical (unpaired) electrons. The molecule has 0 aliphatic carbocycles. The van der Waals surface area contributed by atoms with Crippen LogP contribution in [0.5, 0.6) is 0 Å². The van der Waals surface area contributed by atoms with Gasteiger partial charge in [-0.05, 0) is 30.7 Å². The first kappa shape index (κ1) is 30.8. The van der Waals surface area contributed by atoms with E-state index in [1.165, 1.54) is 4.57 Å². The summed E-state index contributed by atoms with van der Waals surface area (Å²) in [6, 6.07) is 6.51. The average molecular weight is 613 g/mol. The number of nitrogens with zero attached hydrogens (tertiary/aromatic N) is 3. The number of anilines is 3. The zero-order chi connectivity index (χ0) is 29.9. The van der Waals surface area contributed by atoms with Gasteiger partial charge in [-0.3, -0.25) is 4.79 Å². The standard InChI is InChI=1S/C28H33Cl2F2N5O4/c1-5-41-25(38)17-12-19-21(13-20(17)36-8-10-40-11-9-36)37(15-22(31)32)27(34-19)35-24-18(29)7-6-16(23(24)30)14-33-26(39)28(2,3)4/h6-7,12-13,22H,5,8-11,14-15H2,1-4H3,(H,33,39)(H,34,35). The van der Waals surface area contributed by atoms with Crippen molar-refractivity contribution in [2.75, 3.05) is 43.1 Å². The first-order valence-corrected chi connectivity index (χ1v) is 14.0. The Morgan fingerprint density at radius 1 is 1.17 bits per heavy atom. The number of rotatable bonds is 9. The van der Waals surface area contributed by atoms with Crippen molar-refractivity contribution in [1.29, 1.82) is 0 Å². The molecule has 1 aliphatic heterocycles. The summed E-state index contributed by atoms with van der Waals surface area (Å²) >= 11 is 13.2. The van der Waals surface area contributed by atoms with Crippen molar-refractivity contribution >= 4 is 63.4 Å². The fourth-order valence-corrected chi connectivity index (χ4v) is 4.95. The highest BCUT2D eigenvalue weighted by atomic mass is 35.5. The van der Waals surface area contributed by atoms with Crippen LogP contribution in [0.4, 0.5) is 26.1 Å². The summed E-state index contributed by atoms with van der Waals surface area (Å²) in [6.45, 7) is 8.72. The summed E-state index contributed by atoms with van der Waals surface area (Å²) in [7, 11) is 0. The maximum Gasteiger partial charge on any atom is 0.340 e. The molecule has 0 unspecified atom stereocenters. The van der Waals surface area contributed by atoms with Gasteiger partial charge >= 0.3 is 5.97 Å². The molecule has 1 aromatic heterocycles. The summed E-state index contributed by atoms with van der Waals surface area (Å²) in [4.78, 5) is 31.8. The van der Waals surface area contributed by atoms with Crippen LogP contribution in [0.3, 0.4) is 0 Å². The van der Waals surface area contributed by atoms with Crippen molar-refractivity contribution < 1.29 is 27.8 Å². The second kappa shape index (κ2) is 12.8. The largest absolute Gasteiger partial charge is 0.462 e. The van der Waals surface area contributed by atoms with Gasteiger partial charge in [0.25, 0.3) is 6.43 Å². The van der Waals surface area contributed by atoms with Gasteiger partial charge in [-0.15, -0.1) is 0 Å². The summed E-state index contributed by atoms with van der Waals surface area (Å²) in [5.74, 6) is -0.635. The molecule has 0 saturated carbocycles. The van der Waals surface area contributed by atoms with E-state index in [0.717, 1.165) is 0 Å². The maximum absolute atomic E-state index is 13.8. The van der Waals surface area contributed by atoms with E-state index in [1.54, 1.807) is 52.0 Å². The van der Waals surface area contributed by atoms with E-state index in [-0.39, 0.29) is 46.3 Å². The Balaban J connectivity index is 1.78. The molecule has 2 N–H and O–H groups in total. The Labute approximate surface area is 247 Å². The number of hydrogen-bond donors (Lipinski definition) is 2. The SMILES string of the molecule is CCOC(=O)c1cc2nc(Nc3c(Cl)ccc(CNC(=O)C(C)(C)C)c3Cl)n(CC(F)F)c2cc1N1CCOCC1. The molecule has 0 bridgehead atoms. The molecule has 9 nitrogen and oxygen atoms in total. The highest BCUT2D eigenvalue weighted by Crippen LogP contribution is 2.37. The lowest BCUT2D eigenvalue weighted by molar-refractivity contribution is -0.128. The van der Waals surface area contributed by atoms with Gasteiger partial charge in [0.15, 0.2) is 0 Å². The number of halogens is 4. The summed E-state index contributed by atoms with van der Waals surface area (Å²) in [5.41, 5.74) is 1.77. The van der Waals surface area contributed by atoms with E-state index in [1.807, 2.05) is 4.90 Å². The van der Waals surface area contributed by atoms with E-state index in [9.17, 15) is 18.4 Å². The molecule has 41 heavy (non-hydrogen) atoms. The molecule has 2 heterocycles. The van der Waals surface area contributed by atoms with Gasteiger partial charge in [0.05, 0.1) is 64.4 Å².